The molecule has 0 saturated heterocycles. The molecular formula is C19H12ClFN2O. The molecule has 0 aliphatic carbocycles. The van der Waals surface area contributed by atoms with Gasteiger partial charge >= 0.3 is 0 Å². The molecule has 1 N–H and O–H groups in total. The highest BCUT2D eigenvalue weighted by atomic mass is 35.5. The summed E-state index contributed by atoms with van der Waals surface area (Å²) in [5.41, 5.74) is 2.41. The van der Waals surface area contributed by atoms with Gasteiger partial charge in [-0.25, -0.2) is 4.39 Å². The smallest absolute Gasteiger partial charge is 0.165 e. The van der Waals surface area contributed by atoms with Crippen molar-refractivity contribution < 1.29 is 9.13 Å². The van der Waals surface area contributed by atoms with E-state index in [1.807, 2.05) is 36.4 Å². The number of halogens is 2. The summed E-state index contributed by atoms with van der Waals surface area (Å²) in [6.07, 6.45) is 0. The number of rotatable bonds is 3. The summed E-state index contributed by atoms with van der Waals surface area (Å²) >= 11 is 6.27. The Morgan fingerprint density at radius 2 is 1.75 bits per heavy atom. The first-order chi connectivity index (χ1) is 11.7. The van der Waals surface area contributed by atoms with Crippen LogP contribution in [-0.4, -0.2) is 10.2 Å². The van der Waals surface area contributed by atoms with E-state index in [-0.39, 0.29) is 5.75 Å². The van der Waals surface area contributed by atoms with Gasteiger partial charge in [0, 0.05) is 10.9 Å². The number of para-hydroxylation sites is 1. The van der Waals surface area contributed by atoms with Gasteiger partial charge in [-0.2, -0.15) is 5.10 Å². The first-order valence-electron chi connectivity index (χ1n) is 7.38. The minimum absolute atomic E-state index is 0.180. The molecule has 0 aliphatic rings. The van der Waals surface area contributed by atoms with E-state index in [1.54, 1.807) is 24.3 Å². The summed E-state index contributed by atoms with van der Waals surface area (Å²) in [6, 6.07) is 19.2. The molecule has 4 aromatic rings. The van der Waals surface area contributed by atoms with Gasteiger partial charge in [0.15, 0.2) is 11.6 Å². The minimum atomic E-state index is -0.406. The Hall–Kier alpha value is -2.85. The van der Waals surface area contributed by atoms with Crippen molar-refractivity contribution in [3.63, 3.8) is 0 Å². The van der Waals surface area contributed by atoms with Crippen molar-refractivity contribution in [1.82, 2.24) is 10.2 Å². The van der Waals surface area contributed by atoms with Gasteiger partial charge in [0.1, 0.15) is 11.4 Å². The van der Waals surface area contributed by atoms with Gasteiger partial charge < -0.3 is 4.74 Å². The third-order valence-electron chi connectivity index (χ3n) is 3.73. The highest BCUT2D eigenvalue weighted by Crippen LogP contribution is 2.34. The van der Waals surface area contributed by atoms with Crippen LogP contribution in [0.3, 0.4) is 0 Å². The number of H-pyrrole nitrogens is 1. The van der Waals surface area contributed by atoms with E-state index >= 15 is 0 Å². The Bertz CT molecular complexity index is 1030. The van der Waals surface area contributed by atoms with Gasteiger partial charge in [0.05, 0.1) is 10.5 Å². The van der Waals surface area contributed by atoms with Crippen LogP contribution < -0.4 is 4.74 Å². The number of hydrogen-bond acceptors (Lipinski definition) is 2. The third kappa shape index (κ3) is 2.61. The lowest BCUT2D eigenvalue weighted by Gasteiger charge is -2.07. The molecule has 0 saturated carbocycles. The standard InChI is InChI=1S/C19H12ClFN2O/c20-15-6-2-1-5-13(15)19-14-11-12(9-10-17(14)22-23-19)24-18-8-4-3-7-16(18)21/h1-11H,(H,22,23). The lowest BCUT2D eigenvalue weighted by Crippen LogP contribution is -1.87. The first kappa shape index (κ1) is 14.7. The van der Waals surface area contributed by atoms with Crippen molar-refractivity contribution in [2.45, 2.75) is 0 Å². The van der Waals surface area contributed by atoms with Gasteiger partial charge in [0.2, 0.25) is 0 Å². The number of ether oxygens (including phenoxy) is 1. The molecule has 0 atom stereocenters. The van der Waals surface area contributed by atoms with Crippen LogP contribution in [0.2, 0.25) is 5.02 Å². The van der Waals surface area contributed by atoms with Crippen LogP contribution >= 0.6 is 11.6 Å². The number of fused-ring (bicyclic) bond motifs is 1. The van der Waals surface area contributed by atoms with E-state index in [9.17, 15) is 4.39 Å². The SMILES string of the molecule is Fc1ccccc1Oc1ccc2[nH]nc(-c3ccccc3Cl)c2c1. The summed E-state index contributed by atoms with van der Waals surface area (Å²) < 4.78 is 19.4. The molecule has 3 nitrogen and oxygen atoms in total. The van der Waals surface area contributed by atoms with Crippen molar-refractivity contribution in [3.8, 4) is 22.8 Å². The van der Waals surface area contributed by atoms with Crippen LogP contribution in [0.1, 0.15) is 0 Å². The summed E-state index contributed by atoms with van der Waals surface area (Å²) in [7, 11) is 0. The number of aromatic nitrogens is 2. The molecule has 0 amide bonds. The molecule has 0 aliphatic heterocycles. The second-order valence-corrected chi connectivity index (χ2v) is 5.70. The van der Waals surface area contributed by atoms with Crippen LogP contribution in [0.5, 0.6) is 11.5 Å². The molecule has 0 unspecified atom stereocenters. The van der Waals surface area contributed by atoms with E-state index in [1.165, 1.54) is 6.07 Å². The predicted octanol–water partition coefficient (Wildman–Crippen LogP) is 5.81. The molecule has 0 spiro atoms. The van der Waals surface area contributed by atoms with E-state index in [0.717, 1.165) is 22.2 Å². The average Bonchev–Trinajstić information content (AvgIpc) is 3.00. The Balaban J connectivity index is 1.79. The maximum Gasteiger partial charge on any atom is 0.165 e. The molecule has 0 fully saturated rings. The molecule has 5 heteroatoms. The normalized spacial score (nSPS) is 10.9. The average molecular weight is 339 g/mol. The lowest BCUT2D eigenvalue weighted by molar-refractivity contribution is 0.443. The summed E-state index contributed by atoms with van der Waals surface area (Å²) in [5.74, 6) is 0.304. The molecule has 1 aromatic heterocycles. The second-order valence-electron chi connectivity index (χ2n) is 5.29. The van der Waals surface area contributed by atoms with Crippen LogP contribution in [0, 0.1) is 5.82 Å². The van der Waals surface area contributed by atoms with Crippen LogP contribution in [-0.2, 0) is 0 Å². The van der Waals surface area contributed by atoms with E-state index in [0.29, 0.717) is 10.8 Å². The number of benzene rings is 3. The number of aromatic amines is 1. The van der Waals surface area contributed by atoms with E-state index in [2.05, 4.69) is 10.2 Å². The fraction of sp³-hybridized carbons (Fsp3) is 0. The summed E-state index contributed by atoms with van der Waals surface area (Å²) in [6.45, 7) is 0. The molecule has 0 radical (unpaired) electrons. The highest BCUT2D eigenvalue weighted by molar-refractivity contribution is 6.33. The molecule has 1 heterocycles. The van der Waals surface area contributed by atoms with Crippen LogP contribution in [0.4, 0.5) is 4.39 Å². The maximum absolute atomic E-state index is 13.8. The topological polar surface area (TPSA) is 37.9 Å². The zero-order valence-corrected chi connectivity index (χ0v) is 13.2. The number of hydrogen-bond donors (Lipinski definition) is 1. The minimum Gasteiger partial charge on any atom is -0.454 e. The molecular weight excluding hydrogens is 327 g/mol. The Morgan fingerprint density at radius 1 is 0.958 bits per heavy atom. The predicted molar refractivity (Wildman–Crippen MR) is 93.0 cm³/mol. The Kier molecular flexibility index (Phi) is 3.67. The van der Waals surface area contributed by atoms with Gasteiger partial charge in [0.25, 0.3) is 0 Å². The van der Waals surface area contributed by atoms with Gasteiger partial charge in [-0.05, 0) is 36.4 Å². The molecule has 4 rings (SSSR count). The molecule has 24 heavy (non-hydrogen) atoms. The van der Waals surface area contributed by atoms with Crippen molar-refractivity contribution >= 4 is 22.5 Å². The molecule has 118 valence electrons. The van der Waals surface area contributed by atoms with Crippen LogP contribution in [0.15, 0.2) is 66.7 Å². The summed E-state index contributed by atoms with van der Waals surface area (Å²) in [5, 5.41) is 8.81. The Labute approximate surface area is 142 Å². The first-order valence-corrected chi connectivity index (χ1v) is 7.75. The van der Waals surface area contributed by atoms with Crippen molar-refractivity contribution in [1.29, 1.82) is 0 Å². The fourth-order valence-electron chi connectivity index (χ4n) is 2.57. The van der Waals surface area contributed by atoms with E-state index < -0.39 is 5.82 Å². The van der Waals surface area contributed by atoms with Gasteiger partial charge in [-0.15, -0.1) is 0 Å². The maximum atomic E-state index is 13.8. The number of nitrogens with one attached hydrogen (secondary N) is 1. The van der Waals surface area contributed by atoms with Crippen molar-refractivity contribution in [2.24, 2.45) is 0 Å². The van der Waals surface area contributed by atoms with Crippen molar-refractivity contribution in [2.75, 3.05) is 0 Å². The van der Waals surface area contributed by atoms with Gasteiger partial charge in [-0.1, -0.05) is 41.9 Å². The van der Waals surface area contributed by atoms with Crippen molar-refractivity contribution in [3.05, 3.63) is 77.6 Å². The zero-order chi connectivity index (χ0) is 16.5. The summed E-state index contributed by atoms with van der Waals surface area (Å²) in [4.78, 5) is 0. The highest BCUT2D eigenvalue weighted by Gasteiger charge is 2.12. The number of nitrogens with zero attached hydrogens (tertiary/aromatic N) is 1. The largest absolute Gasteiger partial charge is 0.454 e. The lowest BCUT2D eigenvalue weighted by atomic mass is 10.1. The van der Waals surface area contributed by atoms with Gasteiger partial charge in [-0.3, -0.25) is 5.10 Å². The Morgan fingerprint density at radius 3 is 2.58 bits per heavy atom. The van der Waals surface area contributed by atoms with Crippen LogP contribution in [0.25, 0.3) is 22.2 Å². The third-order valence-corrected chi connectivity index (χ3v) is 4.06. The quantitative estimate of drug-likeness (QED) is 0.511. The second kappa shape index (κ2) is 5.98. The van der Waals surface area contributed by atoms with E-state index in [4.69, 9.17) is 16.3 Å². The monoisotopic (exact) mass is 338 g/mol. The fourth-order valence-corrected chi connectivity index (χ4v) is 2.79. The molecule has 0 bridgehead atoms. The zero-order valence-electron chi connectivity index (χ0n) is 12.5. The molecule has 3 aromatic carbocycles.